The third-order valence-electron chi connectivity index (χ3n) is 5.84. The van der Waals surface area contributed by atoms with Gasteiger partial charge in [-0.05, 0) is 68.0 Å². The molecule has 0 radical (unpaired) electrons. The van der Waals surface area contributed by atoms with E-state index in [1.165, 1.54) is 30.3 Å². The van der Waals surface area contributed by atoms with E-state index in [1.807, 2.05) is 0 Å². The SMILES string of the molecule is CCN(CC)CCCn1c(=O)/c(=C/c2ccc(F)c(F)c2)s/c1=C1/C(=O)Nc2cc(F)ccc21. The fraction of sp³-hybridized carbons (Fsp3) is 0.280. The lowest BCUT2D eigenvalue weighted by atomic mass is 10.1. The molecule has 5 nitrogen and oxygen atoms in total. The molecular formula is C25H24F3N3O2S. The molecule has 0 saturated carbocycles. The van der Waals surface area contributed by atoms with Crippen molar-refractivity contribution in [1.29, 1.82) is 0 Å². The molecule has 3 aromatic rings. The number of hydrogen-bond donors (Lipinski definition) is 1. The quantitative estimate of drug-likeness (QED) is 0.558. The molecule has 2 heterocycles. The lowest BCUT2D eigenvalue weighted by molar-refractivity contribution is -0.110. The van der Waals surface area contributed by atoms with Crippen LogP contribution in [0.4, 0.5) is 18.9 Å². The number of carbonyl (C=O) groups excluding carboxylic acids is 1. The molecule has 0 unspecified atom stereocenters. The summed E-state index contributed by atoms with van der Waals surface area (Å²) >= 11 is 1.10. The lowest BCUT2D eigenvalue weighted by Gasteiger charge is -2.17. The molecular weight excluding hydrogens is 463 g/mol. The molecule has 1 aliphatic rings. The van der Waals surface area contributed by atoms with E-state index in [0.717, 1.165) is 43.1 Å². The van der Waals surface area contributed by atoms with E-state index in [1.54, 1.807) is 4.57 Å². The van der Waals surface area contributed by atoms with E-state index in [9.17, 15) is 22.8 Å². The number of benzene rings is 2. The van der Waals surface area contributed by atoms with Gasteiger partial charge < -0.3 is 10.2 Å². The Morgan fingerprint density at radius 1 is 1.03 bits per heavy atom. The Morgan fingerprint density at radius 2 is 1.79 bits per heavy atom. The Morgan fingerprint density at radius 3 is 2.50 bits per heavy atom. The van der Waals surface area contributed by atoms with Crippen LogP contribution < -0.4 is 20.1 Å². The normalized spacial score (nSPS) is 15.2. The number of aromatic nitrogens is 1. The first-order chi connectivity index (χ1) is 16.3. The van der Waals surface area contributed by atoms with Gasteiger partial charge in [-0.1, -0.05) is 19.9 Å². The average Bonchev–Trinajstić information content (AvgIpc) is 3.28. The van der Waals surface area contributed by atoms with Crippen LogP contribution in [0.15, 0.2) is 41.2 Å². The van der Waals surface area contributed by atoms with Crippen LogP contribution in [-0.2, 0) is 11.3 Å². The van der Waals surface area contributed by atoms with Crippen molar-refractivity contribution in [2.45, 2.75) is 26.8 Å². The van der Waals surface area contributed by atoms with E-state index in [2.05, 4.69) is 24.1 Å². The van der Waals surface area contributed by atoms with Crippen molar-refractivity contribution in [3.63, 3.8) is 0 Å². The van der Waals surface area contributed by atoms with Crippen molar-refractivity contribution < 1.29 is 18.0 Å². The molecule has 4 rings (SSSR count). The third kappa shape index (κ3) is 4.71. The number of rotatable bonds is 7. The second-order valence-electron chi connectivity index (χ2n) is 7.95. The summed E-state index contributed by atoms with van der Waals surface area (Å²) in [4.78, 5) is 28.4. The highest BCUT2D eigenvalue weighted by molar-refractivity contribution is 7.07. The number of halogens is 3. The van der Waals surface area contributed by atoms with Crippen LogP contribution in [0.5, 0.6) is 0 Å². The summed E-state index contributed by atoms with van der Waals surface area (Å²) < 4.78 is 43.0. The number of carbonyl (C=O) groups is 1. The molecule has 0 spiro atoms. The van der Waals surface area contributed by atoms with E-state index < -0.39 is 23.4 Å². The zero-order chi connectivity index (χ0) is 24.4. The first-order valence-electron chi connectivity index (χ1n) is 11.1. The van der Waals surface area contributed by atoms with Crippen LogP contribution >= 0.6 is 11.3 Å². The molecule has 1 aliphatic heterocycles. The van der Waals surface area contributed by atoms with Gasteiger partial charge in [0.25, 0.3) is 11.5 Å². The fourth-order valence-corrected chi connectivity index (χ4v) is 5.20. The topological polar surface area (TPSA) is 54.3 Å². The number of anilines is 1. The molecule has 0 atom stereocenters. The van der Waals surface area contributed by atoms with Gasteiger partial charge in [-0.15, -0.1) is 11.3 Å². The summed E-state index contributed by atoms with van der Waals surface area (Å²) in [5.74, 6) is -2.88. The van der Waals surface area contributed by atoms with Crippen molar-refractivity contribution >= 4 is 34.6 Å². The molecule has 1 N–H and O–H groups in total. The maximum Gasteiger partial charge on any atom is 0.269 e. The summed E-state index contributed by atoms with van der Waals surface area (Å²) in [6.07, 6.45) is 2.17. The summed E-state index contributed by atoms with van der Waals surface area (Å²) in [6, 6.07) is 7.43. The minimum Gasteiger partial charge on any atom is -0.321 e. The molecule has 1 amide bonds. The lowest BCUT2D eigenvalue weighted by Crippen LogP contribution is -2.34. The fourth-order valence-electron chi connectivity index (χ4n) is 4.01. The summed E-state index contributed by atoms with van der Waals surface area (Å²) in [5, 5.41) is 2.66. The van der Waals surface area contributed by atoms with Crippen LogP contribution in [0.25, 0.3) is 11.6 Å². The molecule has 0 saturated heterocycles. The van der Waals surface area contributed by atoms with Gasteiger partial charge in [0.2, 0.25) is 0 Å². The summed E-state index contributed by atoms with van der Waals surface area (Å²) in [6.45, 7) is 7.05. The molecule has 2 aromatic carbocycles. The number of nitrogens with one attached hydrogen (secondary N) is 1. The molecule has 178 valence electrons. The second-order valence-corrected chi connectivity index (χ2v) is 8.98. The first kappa shape index (κ1) is 24.0. The highest BCUT2D eigenvalue weighted by atomic mass is 32.1. The summed E-state index contributed by atoms with van der Waals surface area (Å²) in [5.41, 5.74) is 1.18. The van der Waals surface area contributed by atoms with Crippen molar-refractivity contribution in [1.82, 2.24) is 9.47 Å². The molecule has 34 heavy (non-hydrogen) atoms. The molecule has 0 aliphatic carbocycles. The van der Waals surface area contributed by atoms with Crippen LogP contribution in [-0.4, -0.2) is 35.0 Å². The second kappa shape index (κ2) is 9.99. The van der Waals surface area contributed by atoms with Crippen molar-refractivity contribution in [2.75, 3.05) is 25.0 Å². The number of nitrogens with zero attached hydrogens (tertiary/aromatic N) is 2. The summed E-state index contributed by atoms with van der Waals surface area (Å²) in [7, 11) is 0. The standard InChI is InChI=1S/C25H24F3N3O2S/c1-3-30(4-2)10-5-11-31-24(33)21(13-15-6-9-18(27)19(28)12-15)34-25(31)22-17-8-7-16(26)14-20(17)29-23(22)32/h6-9,12-14H,3-5,10-11H2,1-2H3,(H,29,32)/b21-13-,25-22+. The molecule has 0 bridgehead atoms. The van der Waals surface area contributed by atoms with Gasteiger partial charge in [0.15, 0.2) is 11.6 Å². The Bertz CT molecular complexity index is 1420. The number of fused-ring (bicyclic) bond motifs is 1. The predicted molar refractivity (Wildman–Crippen MR) is 128 cm³/mol. The van der Waals surface area contributed by atoms with Crippen LogP contribution in [0.1, 0.15) is 31.4 Å². The van der Waals surface area contributed by atoms with Crippen LogP contribution in [0.3, 0.4) is 0 Å². The van der Waals surface area contributed by atoms with E-state index in [4.69, 9.17) is 0 Å². The van der Waals surface area contributed by atoms with Gasteiger partial charge in [0.05, 0.1) is 15.8 Å². The highest BCUT2D eigenvalue weighted by Crippen LogP contribution is 2.30. The predicted octanol–water partition coefficient (Wildman–Crippen LogP) is 3.04. The Balaban J connectivity index is 1.89. The molecule has 1 aromatic heterocycles. The van der Waals surface area contributed by atoms with Gasteiger partial charge in [-0.2, -0.15) is 0 Å². The van der Waals surface area contributed by atoms with Crippen molar-refractivity contribution in [2.24, 2.45) is 0 Å². The van der Waals surface area contributed by atoms with E-state index in [-0.39, 0.29) is 5.56 Å². The Kier molecular flexibility index (Phi) is 7.04. The van der Waals surface area contributed by atoms with Gasteiger partial charge in [0, 0.05) is 12.1 Å². The largest absolute Gasteiger partial charge is 0.321 e. The maximum atomic E-state index is 13.7. The zero-order valence-electron chi connectivity index (χ0n) is 18.8. The third-order valence-corrected chi connectivity index (χ3v) is 6.97. The van der Waals surface area contributed by atoms with Gasteiger partial charge in [-0.3, -0.25) is 14.2 Å². The van der Waals surface area contributed by atoms with Crippen LogP contribution in [0, 0.1) is 17.5 Å². The van der Waals surface area contributed by atoms with Crippen molar-refractivity contribution in [3.8, 4) is 0 Å². The maximum absolute atomic E-state index is 13.7. The number of thiazole rings is 1. The number of hydrogen-bond acceptors (Lipinski definition) is 4. The first-order valence-corrected chi connectivity index (χ1v) is 11.9. The number of amides is 1. The molecule has 9 heteroatoms. The van der Waals surface area contributed by atoms with Crippen LogP contribution in [0.2, 0.25) is 0 Å². The van der Waals surface area contributed by atoms with E-state index >= 15 is 0 Å². The average molecular weight is 488 g/mol. The van der Waals surface area contributed by atoms with E-state index in [0.29, 0.717) is 44.5 Å². The zero-order valence-corrected chi connectivity index (χ0v) is 19.6. The van der Waals surface area contributed by atoms with Gasteiger partial charge in [-0.25, -0.2) is 13.2 Å². The minimum atomic E-state index is -1.01. The Hall–Kier alpha value is -3.17. The van der Waals surface area contributed by atoms with Crippen molar-refractivity contribution in [3.05, 3.63) is 84.5 Å². The molecule has 0 fully saturated rings. The highest BCUT2D eigenvalue weighted by Gasteiger charge is 2.27. The smallest absolute Gasteiger partial charge is 0.269 e. The Labute approximate surface area is 198 Å². The minimum absolute atomic E-state index is 0.291. The van der Waals surface area contributed by atoms with Gasteiger partial charge >= 0.3 is 0 Å². The monoisotopic (exact) mass is 487 g/mol. The van der Waals surface area contributed by atoms with Gasteiger partial charge in [0.1, 0.15) is 10.5 Å².